The number of hydrogen-bond donors (Lipinski definition) is 1. The summed E-state index contributed by atoms with van der Waals surface area (Å²) in [6.07, 6.45) is 5.13. The average Bonchev–Trinajstić information content (AvgIpc) is 2.75. The summed E-state index contributed by atoms with van der Waals surface area (Å²) in [4.78, 5) is 5.07. The normalized spacial score (nSPS) is 24.3. The van der Waals surface area contributed by atoms with Crippen molar-refractivity contribution in [3.05, 3.63) is 23.8 Å². The van der Waals surface area contributed by atoms with Gasteiger partial charge in [0.15, 0.2) is 0 Å². The molecule has 0 unspecified atom stereocenters. The second kappa shape index (κ2) is 4.81. The fourth-order valence-corrected chi connectivity index (χ4v) is 3.35. The van der Waals surface area contributed by atoms with Gasteiger partial charge in [0.05, 0.1) is 0 Å². The molecule has 98 valence electrons. The molecule has 1 aromatic carbocycles. The number of nitrogens with two attached hydrogens (primary N) is 1. The molecule has 3 rings (SSSR count). The van der Waals surface area contributed by atoms with Crippen molar-refractivity contribution in [3.8, 4) is 0 Å². The highest BCUT2D eigenvalue weighted by Gasteiger charge is 2.25. The molecular formula is C15H23N3. The van der Waals surface area contributed by atoms with E-state index < -0.39 is 0 Å². The summed E-state index contributed by atoms with van der Waals surface area (Å²) in [5, 5.41) is 0. The minimum Gasteiger partial charge on any atom is -0.399 e. The van der Waals surface area contributed by atoms with Gasteiger partial charge in [-0.25, -0.2) is 0 Å². The molecule has 3 heteroatoms. The highest BCUT2D eigenvalue weighted by molar-refractivity contribution is 5.61. The zero-order valence-corrected chi connectivity index (χ0v) is 11.2. The van der Waals surface area contributed by atoms with E-state index in [1.165, 1.54) is 56.6 Å². The Kier molecular flexibility index (Phi) is 3.16. The second-order valence-corrected chi connectivity index (χ2v) is 5.71. The second-order valence-electron chi connectivity index (χ2n) is 5.71. The van der Waals surface area contributed by atoms with E-state index in [0.717, 1.165) is 11.7 Å². The lowest BCUT2D eigenvalue weighted by atomic mass is 10.00. The van der Waals surface area contributed by atoms with Gasteiger partial charge in [0, 0.05) is 30.5 Å². The van der Waals surface area contributed by atoms with E-state index in [1.54, 1.807) is 0 Å². The van der Waals surface area contributed by atoms with Crippen LogP contribution in [0.4, 0.5) is 11.4 Å². The lowest BCUT2D eigenvalue weighted by Crippen LogP contribution is -2.40. The summed E-state index contributed by atoms with van der Waals surface area (Å²) < 4.78 is 0. The minimum atomic E-state index is 0.730. The van der Waals surface area contributed by atoms with Crippen LogP contribution in [0.2, 0.25) is 0 Å². The number of rotatable bonds is 2. The Labute approximate surface area is 110 Å². The summed E-state index contributed by atoms with van der Waals surface area (Å²) >= 11 is 0. The van der Waals surface area contributed by atoms with Gasteiger partial charge >= 0.3 is 0 Å². The number of benzene rings is 1. The number of anilines is 2. The van der Waals surface area contributed by atoms with Crippen molar-refractivity contribution in [3.63, 3.8) is 0 Å². The molecule has 1 saturated heterocycles. The van der Waals surface area contributed by atoms with E-state index >= 15 is 0 Å². The first kappa shape index (κ1) is 11.8. The number of likely N-dealkylation sites (tertiary alicyclic amines) is 1. The van der Waals surface area contributed by atoms with E-state index in [2.05, 4.69) is 29.0 Å². The Morgan fingerprint density at radius 3 is 2.94 bits per heavy atom. The molecule has 1 aromatic rings. The first-order valence-electron chi connectivity index (χ1n) is 7.07. The number of likely N-dealkylation sites (N-methyl/N-ethyl adjacent to an activating group) is 1. The first-order chi connectivity index (χ1) is 8.74. The predicted molar refractivity (Wildman–Crippen MR) is 77.0 cm³/mol. The molecule has 1 fully saturated rings. The van der Waals surface area contributed by atoms with Crippen LogP contribution in [0, 0.1) is 0 Å². The number of fused-ring (bicyclic) bond motifs is 1. The van der Waals surface area contributed by atoms with Gasteiger partial charge in [-0.05, 0) is 63.0 Å². The number of nitrogens with zero attached hydrogens (tertiary/aromatic N) is 2. The molecule has 2 aliphatic heterocycles. The van der Waals surface area contributed by atoms with E-state index in [0.29, 0.717) is 0 Å². The molecule has 3 nitrogen and oxygen atoms in total. The molecule has 2 heterocycles. The largest absolute Gasteiger partial charge is 0.399 e. The van der Waals surface area contributed by atoms with Crippen molar-refractivity contribution >= 4 is 11.4 Å². The maximum Gasteiger partial charge on any atom is 0.0400 e. The molecule has 0 aromatic heterocycles. The van der Waals surface area contributed by atoms with Gasteiger partial charge in [0.25, 0.3) is 0 Å². The van der Waals surface area contributed by atoms with Crippen LogP contribution in [-0.4, -0.2) is 37.6 Å². The van der Waals surface area contributed by atoms with Gasteiger partial charge in [0.1, 0.15) is 0 Å². The molecule has 0 amide bonds. The van der Waals surface area contributed by atoms with Crippen LogP contribution in [0.25, 0.3) is 0 Å². The van der Waals surface area contributed by atoms with Crippen LogP contribution in [-0.2, 0) is 6.42 Å². The van der Waals surface area contributed by atoms with E-state index in [4.69, 9.17) is 5.73 Å². The third-order valence-electron chi connectivity index (χ3n) is 4.42. The van der Waals surface area contributed by atoms with Crippen LogP contribution >= 0.6 is 0 Å². The monoisotopic (exact) mass is 245 g/mol. The lowest BCUT2D eigenvalue weighted by molar-refractivity contribution is 0.310. The van der Waals surface area contributed by atoms with Crippen molar-refractivity contribution in [2.45, 2.75) is 31.7 Å². The van der Waals surface area contributed by atoms with Crippen molar-refractivity contribution in [1.29, 1.82) is 0 Å². The summed E-state index contributed by atoms with van der Waals surface area (Å²) in [5.74, 6) is 0. The van der Waals surface area contributed by atoms with Gasteiger partial charge in [-0.1, -0.05) is 0 Å². The molecule has 0 radical (unpaired) electrons. The van der Waals surface area contributed by atoms with Crippen LogP contribution in [0.1, 0.15) is 24.8 Å². The molecular weight excluding hydrogens is 222 g/mol. The Bertz CT molecular complexity index is 430. The van der Waals surface area contributed by atoms with Crippen molar-refractivity contribution in [2.75, 3.05) is 37.3 Å². The highest BCUT2D eigenvalue weighted by atomic mass is 15.2. The zero-order valence-electron chi connectivity index (χ0n) is 11.2. The van der Waals surface area contributed by atoms with Crippen molar-refractivity contribution < 1.29 is 0 Å². The SMILES string of the molecule is CN1CCC[C@@H]1CN1CCCc2cc(N)ccc21. The van der Waals surface area contributed by atoms with Gasteiger partial charge in [-0.2, -0.15) is 0 Å². The predicted octanol–water partition coefficient (Wildman–Crippen LogP) is 2.12. The Balaban J connectivity index is 1.78. The fraction of sp³-hybridized carbons (Fsp3) is 0.600. The third kappa shape index (κ3) is 2.19. The lowest BCUT2D eigenvalue weighted by Gasteiger charge is -2.35. The molecule has 0 spiro atoms. The molecule has 1 atom stereocenters. The highest BCUT2D eigenvalue weighted by Crippen LogP contribution is 2.30. The van der Waals surface area contributed by atoms with Crippen molar-refractivity contribution in [1.82, 2.24) is 4.90 Å². The molecule has 18 heavy (non-hydrogen) atoms. The quantitative estimate of drug-likeness (QED) is 0.810. The third-order valence-corrected chi connectivity index (χ3v) is 4.42. The van der Waals surface area contributed by atoms with Crippen LogP contribution in [0.15, 0.2) is 18.2 Å². The number of hydrogen-bond acceptors (Lipinski definition) is 3. The molecule has 0 saturated carbocycles. The summed E-state index contributed by atoms with van der Waals surface area (Å²) in [5.41, 5.74) is 9.63. The smallest absolute Gasteiger partial charge is 0.0400 e. The maximum atomic E-state index is 5.89. The van der Waals surface area contributed by atoms with Crippen LogP contribution in [0.5, 0.6) is 0 Å². The average molecular weight is 245 g/mol. The maximum absolute atomic E-state index is 5.89. The summed E-state index contributed by atoms with van der Waals surface area (Å²) in [7, 11) is 2.26. The molecule has 0 bridgehead atoms. The Morgan fingerprint density at radius 2 is 2.17 bits per heavy atom. The van der Waals surface area contributed by atoms with Gasteiger partial charge in [-0.15, -0.1) is 0 Å². The van der Waals surface area contributed by atoms with Gasteiger partial charge < -0.3 is 15.5 Å². The minimum absolute atomic E-state index is 0.730. The zero-order chi connectivity index (χ0) is 12.5. The van der Waals surface area contributed by atoms with Gasteiger partial charge in [0.2, 0.25) is 0 Å². The first-order valence-corrected chi connectivity index (χ1v) is 7.07. The van der Waals surface area contributed by atoms with Crippen molar-refractivity contribution in [2.24, 2.45) is 0 Å². The summed E-state index contributed by atoms with van der Waals surface area (Å²) in [6, 6.07) is 7.13. The van der Waals surface area contributed by atoms with E-state index in [9.17, 15) is 0 Å². The fourth-order valence-electron chi connectivity index (χ4n) is 3.35. The molecule has 2 aliphatic rings. The topological polar surface area (TPSA) is 32.5 Å². The Morgan fingerprint density at radius 1 is 1.28 bits per heavy atom. The standard InChI is InChI=1S/C15H23N3/c1-17-8-3-5-14(17)11-18-9-2-4-12-10-13(16)6-7-15(12)18/h6-7,10,14H,2-5,8-9,11,16H2,1H3/t14-/m1/s1. The number of aryl methyl sites for hydroxylation is 1. The molecule has 0 aliphatic carbocycles. The van der Waals surface area contributed by atoms with Gasteiger partial charge in [-0.3, -0.25) is 0 Å². The van der Waals surface area contributed by atoms with Crippen LogP contribution in [0.3, 0.4) is 0 Å². The Hall–Kier alpha value is -1.22. The number of nitrogen functional groups attached to an aromatic ring is 1. The van der Waals surface area contributed by atoms with E-state index in [1.807, 2.05) is 6.07 Å². The van der Waals surface area contributed by atoms with Crippen LogP contribution < -0.4 is 10.6 Å². The summed E-state index contributed by atoms with van der Waals surface area (Å²) in [6.45, 7) is 3.63. The van der Waals surface area contributed by atoms with E-state index in [-0.39, 0.29) is 0 Å². The molecule has 2 N–H and O–H groups in total.